The molecule has 0 aromatic heterocycles. The summed E-state index contributed by atoms with van der Waals surface area (Å²) in [6.45, 7) is 13.5. The maximum absolute atomic E-state index is 2.87. The molecule has 0 aliphatic carbocycles. The summed E-state index contributed by atoms with van der Waals surface area (Å²) in [4.78, 5) is 2.87. The lowest BCUT2D eigenvalue weighted by Gasteiger charge is -2.22. The van der Waals surface area contributed by atoms with Crippen LogP contribution in [0.2, 0.25) is 0 Å². The minimum Gasteiger partial charge on any atom is -0.303 e. The molecule has 0 aromatic carbocycles. The Labute approximate surface area is 301 Å². The van der Waals surface area contributed by atoms with E-state index < -0.39 is 0 Å². The SMILES string of the molecule is CCCCCCCCCCCCCCN(CCCCCCCCCCCCCC)CCCCCCCCCCCCCCCC(C)C. The molecule has 47 heavy (non-hydrogen) atoms. The van der Waals surface area contributed by atoms with Crippen LogP contribution in [0.3, 0.4) is 0 Å². The molecule has 0 rings (SSSR count). The highest BCUT2D eigenvalue weighted by Crippen LogP contribution is 2.17. The van der Waals surface area contributed by atoms with Crippen LogP contribution in [0.1, 0.15) is 272 Å². The van der Waals surface area contributed by atoms with E-state index in [4.69, 9.17) is 0 Å². The molecule has 0 spiro atoms. The number of hydrogen-bond donors (Lipinski definition) is 0. The van der Waals surface area contributed by atoms with Gasteiger partial charge in [0.2, 0.25) is 0 Å². The van der Waals surface area contributed by atoms with Gasteiger partial charge in [-0.2, -0.15) is 0 Å². The van der Waals surface area contributed by atoms with E-state index in [9.17, 15) is 0 Å². The summed E-state index contributed by atoms with van der Waals surface area (Å²) < 4.78 is 0. The second-order valence-electron chi connectivity index (χ2n) is 16.4. The maximum atomic E-state index is 2.87. The van der Waals surface area contributed by atoms with E-state index in [1.165, 1.54) is 264 Å². The van der Waals surface area contributed by atoms with Crippen LogP contribution in [0.5, 0.6) is 0 Å². The van der Waals surface area contributed by atoms with Crippen LogP contribution < -0.4 is 0 Å². The van der Waals surface area contributed by atoms with E-state index in [0.29, 0.717) is 0 Å². The van der Waals surface area contributed by atoms with Crippen molar-refractivity contribution in [3.05, 3.63) is 0 Å². The molecular formula is C46H95N. The van der Waals surface area contributed by atoms with E-state index >= 15 is 0 Å². The second kappa shape index (κ2) is 42.1. The lowest BCUT2D eigenvalue weighted by atomic mass is 10.0. The first-order chi connectivity index (χ1) is 23.2. The molecule has 0 radical (unpaired) electrons. The zero-order valence-corrected chi connectivity index (χ0v) is 34.0. The Hall–Kier alpha value is -0.0400. The molecule has 0 saturated carbocycles. The molecule has 0 bridgehead atoms. The maximum Gasteiger partial charge on any atom is -0.00187 e. The van der Waals surface area contributed by atoms with Gasteiger partial charge in [-0.25, -0.2) is 0 Å². The minimum atomic E-state index is 0.891. The zero-order valence-electron chi connectivity index (χ0n) is 34.0. The van der Waals surface area contributed by atoms with Crippen molar-refractivity contribution < 1.29 is 0 Å². The normalized spacial score (nSPS) is 11.9. The molecule has 0 aliphatic rings. The van der Waals surface area contributed by atoms with Gasteiger partial charge in [-0.3, -0.25) is 0 Å². The Balaban J connectivity index is 3.90. The highest BCUT2D eigenvalue weighted by atomic mass is 15.1. The predicted molar refractivity (Wildman–Crippen MR) is 218 cm³/mol. The van der Waals surface area contributed by atoms with Crippen molar-refractivity contribution in [3.63, 3.8) is 0 Å². The molecule has 0 atom stereocenters. The lowest BCUT2D eigenvalue weighted by molar-refractivity contribution is 0.254. The van der Waals surface area contributed by atoms with Gasteiger partial charge in [0.05, 0.1) is 0 Å². The molecule has 0 saturated heterocycles. The Morgan fingerprint density at radius 1 is 0.255 bits per heavy atom. The summed E-state index contributed by atoms with van der Waals surface area (Å²) in [5.41, 5.74) is 0. The van der Waals surface area contributed by atoms with Crippen molar-refractivity contribution in [3.8, 4) is 0 Å². The van der Waals surface area contributed by atoms with Gasteiger partial charge < -0.3 is 4.90 Å². The predicted octanol–water partition coefficient (Wildman–Crippen LogP) is 16.8. The van der Waals surface area contributed by atoms with Crippen molar-refractivity contribution in [2.45, 2.75) is 272 Å². The molecule has 1 heteroatoms. The fourth-order valence-corrected chi connectivity index (χ4v) is 7.52. The van der Waals surface area contributed by atoms with E-state index in [1.807, 2.05) is 0 Å². The van der Waals surface area contributed by atoms with E-state index in [1.54, 1.807) is 0 Å². The third-order valence-corrected chi connectivity index (χ3v) is 10.9. The quantitative estimate of drug-likeness (QED) is 0.0588. The van der Waals surface area contributed by atoms with Crippen molar-refractivity contribution in [2.75, 3.05) is 19.6 Å². The van der Waals surface area contributed by atoms with Gasteiger partial charge >= 0.3 is 0 Å². The van der Waals surface area contributed by atoms with Crippen LogP contribution in [0.4, 0.5) is 0 Å². The third kappa shape index (κ3) is 42.0. The van der Waals surface area contributed by atoms with Gasteiger partial charge in [-0.15, -0.1) is 0 Å². The van der Waals surface area contributed by atoms with Crippen LogP contribution in [0.15, 0.2) is 0 Å². The van der Waals surface area contributed by atoms with E-state index in [2.05, 4.69) is 32.6 Å². The van der Waals surface area contributed by atoms with Crippen molar-refractivity contribution >= 4 is 0 Å². The number of hydrogen-bond acceptors (Lipinski definition) is 1. The molecule has 0 heterocycles. The van der Waals surface area contributed by atoms with Gasteiger partial charge in [0.1, 0.15) is 0 Å². The Kier molecular flexibility index (Phi) is 42.1. The number of rotatable bonds is 42. The Morgan fingerprint density at radius 3 is 0.660 bits per heavy atom. The number of unbranched alkanes of at least 4 members (excludes halogenated alkanes) is 34. The van der Waals surface area contributed by atoms with Gasteiger partial charge in [-0.05, 0) is 44.8 Å². The van der Waals surface area contributed by atoms with E-state index in [0.717, 1.165) is 5.92 Å². The summed E-state index contributed by atoms with van der Waals surface area (Å²) in [6, 6.07) is 0. The van der Waals surface area contributed by atoms with Gasteiger partial charge in [-0.1, -0.05) is 252 Å². The smallest absolute Gasteiger partial charge is 0.00187 e. The van der Waals surface area contributed by atoms with Crippen LogP contribution in [-0.2, 0) is 0 Å². The average Bonchev–Trinajstić information content (AvgIpc) is 3.06. The molecule has 0 amide bonds. The van der Waals surface area contributed by atoms with Crippen LogP contribution in [0, 0.1) is 5.92 Å². The second-order valence-corrected chi connectivity index (χ2v) is 16.4. The first-order valence-corrected chi connectivity index (χ1v) is 22.9. The average molecular weight is 662 g/mol. The fourth-order valence-electron chi connectivity index (χ4n) is 7.52. The molecule has 1 nitrogen and oxygen atoms in total. The van der Waals surface area contributed by atoms with Crippen molar-refractivity contribution in [1.29, 1.82) is 0 Å². The van der Waals surface area contributed by atoms with Gasteiger partial charge in [0, 0.05) is 0 Å². The molecule has 0 aliphatic heterocycles. The first-order valence-electron chi connectivity index (χ1n) is 22.9. The highest BCUT2D eigenvalue weighted by molar-refractivity contribution is 4.61. The lowest BCUT2D eigenvalue weighted by Crippen LogP contribution is -2.27. The first kappa shape index (κ1) is 47.0. The van der Waals surface area contributed by atoms with Crippen LogP contribution >= 0.6 is 0 Å². The summed E-state index contributed by atoms with van der Waals surface area (Å²) >= 11 is 0. The van der Waals surface area contributed by atoms with Gasteiger partial charge in [0.25, 0.3) is 0 Å². The highest BCUT2D eigenvalue weighted by Gasteiger charge is 2.05. The van der Waals surface area contributed by atoms with E-state index in [-0.39, 0.29) is 0 Å². The zero-order chi connectivity index (χ0) is 34.1. The molecule has 0 aromatic rings. The molecule has 0 unspecified atom stereocenters. The van der Waals surface area contributed by atoms with Gasteiger partial charge in [0.15, 0.2) is 0 Å². The standard InChI is InChI=1S/C46H95N/c1-5-7-9-11-13-15-17-23-27-31-35-39-43-47(44-40-36-32-28-24-18-16-14-12-10-8-6-2)45-41-37-33-29-25-21-19-20-22-26-30-34-38-42-46(3)4/h46H,5-45H2,1-4H3. The minimum absolute atomic E-state index is 0.891. The summed E-state index contributed by atoms with van der Waals surface area (Å²) in [6.07, 6.45) is 55.6. The summed E-state index contributed by atoms with van der Waals surface area (Å²) in [5, 5.41) is 0. The van der Waals surface area contributed by atoms with Crippen molar-refractivity contribution in [1.82, 2.24) is 4.90 Å². The molecular weight excluding hydrogens is 567 g/mol. The Morgan fingerprint density at radius 2 is 0.447 bits per heavy atom. The molecule has 0 fully saturated rings. The largest absolute Gasteiger partial charge is 0.303 e. The molecule has 284 valence electrons. The summed E-state index contributed by atoms with van der Waals surface area (Å²) in [5.74, 6) is 0.891. The van der Waals surface area contributed by atoms with Crippen LogP contribution in [-0.4, -0.2) is 24.5 Å². The van der Waals surface area contributed by atoms with Crippen LogP contribution in [0.25, 0.3) is 0 Å². The monoisotopic (exact) mass is 662 g/mol. The third-order valence-electron chi connectivity index (χ3n) is 10.9. The Bertz CT molecular complexity index is 499. The fraction of sp³-hybridized carbons (Fsp3) is 1.00. The summed E-state index contributed by atoms with van der Waals surface area (Å²) in [7, 11) is 0. The van der Waals surface area contributed by atoms with Crippen molar-refractivity contribution in [2.24, 2.45) is 5.92 Å². The number of nitrogens with zero attached hydrogens (tertiary/aromatic N) is 1. The molecule has 0 N–H and O–H groups in total. The topological polar surface area (TPSA) is 3.24 Å².